The molecule has 0 spiro atoms. The molecule has 7 nitrogen and oxygen atoms in total. The number of nitrogens with one attached hydrogen (secondary N) is 2. The number of hydrogen-bond donors (Lipinski definition) is 3. The summed E-state index contributed by atoms with van der Waals surface area (Å²) in [5.74, 6) is -0.262. The van der Waals surface area contributed by atoms with Crippen LogP contribution < -0.4 is 21.1 Å². The van der Waals surface area contributed by atoms with E-state index < -0.39 is 11.9 Å². The van der Waals surface area contributed by atoms with Crippen LogP contribution in [0.5, 0.6) is 5.75 Å². The summed E-state index contributed by atoms with van der Waals surface area (Å²) >= 11 is 6.01. The topological polar surface area (TPSA) is 103 Å². The van der Waals surface area contributed by atoms with Crippen LogP contribution in [-0.2, 0) is 14.3 Å². The Bertz CT molecular complexity index is 633. The highest BCUT2D eigenvalue weighted by atomic mass is 35.5. The van der Waals surface area contributed by atoms with Crippen LogP contribution in [0.3, 0.4) is 0 Å². The van der Waals surface area contributed by atoms with Crippen LogP contribution in [0.25, 0.3) is 0 Å². The lowest BCUT2D eigenvalue weighted by atomic mass is 10.1. The van der Waals surface area contributed by atoms with Gasteiger partial charge in [0.2, 0.25) is 11.8 Å². The number of amides is 2. The van der Waals surface area contributed by atoms with Crippen molar-refractivity contribution >= 4 is 29.1 Å². The molecule has 1 unspecified atom stereocenters. The fourth-order valence-electron chi connectivity index (χ4n) is 2.47. The molecule has 2 amide bonds. The summed E-state index contributed by atoms with van der Waals surface area (Å²) < 4.78 is 11.3. The lowest BCUT2D eigenvalue weighted by Crippen LogP contribution is -2.46. The van der Waals surface area contributed by atoms with E-state index in [4.69, 9.17) is 26.8 Å². The lowest BCUT2D eigenvalue weighted by Gasteiger charge is -2.17. The third kappa shape index (κ3) is 6.16. The molecule has 1 aliphatic heterocycles. The van der Waals surface area contributed by atoms with Crippen LogP contribution in [0.4, 0.5) is 5.69 Å². The monoisotopic (exact) mass is 383 g/mol. The summed E-state index contributed by atoms with van der Waals surface area (Å²) in [5, 5.41) is 5.70. The van der Waals surface area contributed by atoms with Crippen LogP contribution in [0.15, 0.2) is 18.2 Å². The minimum Gasteiger partial charge on any atom is -0.489 e. The summed E-state index contributed by atoms with van der Waals surface area (Å²) in [6, 6.07) is 4.33. The van der Waals surface area contributed by atoms with Gasteiger partial charge in [-0.25, -0.2) is 0 Å². The Hall–Kier alpha value is -1.83. The second-order valence-corrected chi connectivity index (χ2v) is 7.06. The van der Waals surface area contributed by atoms with Crippen LogP contribution in [0, 0.1) is 5.92 Å². The molecule has 26 heavy (non-hydrogen) atoms. The highest BCUT2D eigenvalue weighted by Crippen LogP contribution is 2.28. The van der Waals surface area contributed by atoms with Crippen molar-refractivity contribution in [3.05, 3.63) is 23.2 Å². The van der Waals surface area contributed by atoms with Crippen LogP contribution >= 0.6 is 11.6 Å². The standard InChI is InChI=1S/C18H26ClN3O4/c1-11(2)17(20)18(24)21-9-16(23)22-14-8-12(19)5-6-15(14)26-10-13-4-3-7-25-13/h5-6,8,11,13,17H,3-4,7,9-10,20H2,1-2H3,(H,21,24)(H,22,23)/t13?,17-/m0/s1. The SMILES string of the molecule is CC(C)[C@H](N)C(=O)NCC(=O)Nc1cc(Cl)ccc1OCC1CCCO1. The summed E-state index contributed by atoms with van der Waals surface area (Å²) in [4.78, 5) is 24.0. The second kappa shape index (κ2) is 9.75. The number of halogens is 1. The maximum absolute atomic E-state index is 12.1. The van der Waals surface area contributed by atoms with E-state index in [1.54, 1.807) is 18.2 Å². The largest absolute Gasteiger partial charge is 0.489 e. The molecule has 0 saturated carbocycles. The van der Waals surface area contributed by atoms with Crippen molar-refractivity contribution in [3.63, 3.8) is 0 Å². The molecule has 4 N–H and O–H groups in total. The average molecular weight is 384 g/mol. The molecule has 8 heteroatoms. The summed E-state index contributed by atoms with van der Waals surface area (Å²) in [7, 11) is 0. The van der Waals surface area contributed by atoms with E-state index >= 15 is 0 Å². The fourth-order valence-corrected chi connectivity index (χ4v) is 2.64. The van der Waals surface area contributed by atoms with Crippen molar-refractivity contribution in [2.45, 2.75) is 38.8 Å². The van der Waals surface area contributed by atoms with E-state index in [-0.39, 0.29) is 24.5 Å². The van der Waals surface area contributed by atoms with Gasteiger partial charge in [-0.1, -0.05) is 25.4 Å². The molecule has 1 saturated heterocycles. The molecule has 1 heterocycles. The normalized spacial score (nSPS) is 17.8. The van der Waals surface area contributed by atoms with Gasteiger partial charge in [0.1, 0.15) is 12.4 Å². The smallest absolute Gasteiger partial charge is 0.243 e. The Labute approximate surface area is 158 Å². The van der Waals surface area contributed by atoms with E-state index in [1.165, 1.54) is 0 Å². The van der Waals surface area contributed by atoms with Gasteiger partial charge in [-0.15, -0.1) is 0 Å². The van der Waals surface area contributed by atoms with Gasteiger partial charge in [-0.05, 0) is 37.0 Å². The molecule has 1 aromatic carbocycles. The Morgan fingerprint density at radius 3 is 2.85 bits per heavy atom. The van der Waals surface area contributed by atoms with Gasteiger partial charge in [0.05, 0.1) is 24.4 Å². The Morgan fingerprint density at radius 2 is 2.19 bits per heavy atom. The minimum absolute atomic E-state index is 0.0104. The lowest BCUT2D eigenvalue weighted by molar-refractivity contribution is -0.125. The molecule has 1 fully saturated rings. The van der Waals surface area contributed by atoms with Crippen molar-refractivity contribution in [2.75, 3.05) is 25.1 Å². The van der Waals surface area contributed by atoms with Crippen molar-refractivity contribution in [2.24, 2.45) is 11.7 Å². The van der Waals surface area contributed by atoms with Gasteiger partial charge >= 0.3 is 0 Å². The third-order valence-electron chi connectivity index (χ3n) is 4.11. The zero-order valence-corrected chi connectivity index (χ0v) is 15.8. The first-order chi connectivity index (χ1) is 12.4. The first kappa shape index (κ1) is 20.5. The van der Waals surface area contributed by atoms with Crippen molar-refractivity contribution in [3.8, 4) is 5.75 Å². The van der Waals surface area contributed by atoms with Crippen LogP contribution in [-0.4, -0.2) is 43.7 Å². The zero-order valence-electron chi connectivity index (χ0n) is 15.1. The fraction of sp³-hybridized carbons (Fsp3) is 0.556. The van der Waals surface area contributed by atoms with E-state index in [0.29, 0.717) is 23.1 Å². The van der Waals surface area contributed by atoms with E-state index in [0.717, 1.165) is 19.4 Å². The van der Waals surface area contributed by atoms with Gasteiger partial charge in [0, 0.05) is 11.6 Å². The van der Waals surface area contributed by atoms with Crippen LogP contribution in [0.1, 0.15) is 26.7 Å². The molecule has 0 bridgehead atoms. The number of anilines is 1. The maximum Gasteiger partial charge on any atom is 0.243 e. The van der Waals surface area contributed by atoms with E-state index in [2.05, 4.69) is 10.6 Å². The maximum atomic E-state index is 12.1. The Morgan fingerprint density at radius 1 is 1.42 bits per heavy atom. The Balaban J connectivity index is 1.91. The molecular weight excluding hydrogens is 358 g/mol. The summed E-state index contributed by atoms with van der Waals surface area (Å²) in [5.41, 5.74) is 6.20. The van der Waals surface area contributed by atoms with Gasteiger partial charge in [0.25, 0.3) is 0 Å². The molecule has 1 aromatic rings. The Kier molecular flexibility index (Phi) is 7.68. The zero-order chi connectivity index (χ0) is 19.1. The average Bonchev–Trinajstić information content (AvgIpc) is 3.11. The quantitative estimate of drug-likeness (QED) is 0.636. The number of benzene rings is 1. The highest BCUT2D eigenvalue weighted by Gasteiger charge is 2.19. The predicted molar refractivity (Wildman–Crippen MR) is 100 cm³/mol. The van der Waals surface area contributed by atoms with Crippen molar-refractivity contribution < 1.29 is 19.1 Å². The van der Waals surface area contributed by atoms with Gasteiger partial charge in [0.15, 0.2) is 0 Å². The number of ether oxygens (including phenoxy) is 2. The molecule has 0 radical (unpaired) electrons. The van der Waals surface area contributed by atoms with Crippen molar-refractivity contribution in [1.29, 1.82) is 0 Å². The summed E-state index contributed by atoms with van der Waals surface area (Å²) in [6.07, 6.45) is 2.04. The molecule has 144 valence electrons. The van der Waals surface area contributed by atoms with Gasteiger partial charge in [-0.2, -0.15) is 0 Å². The molecule has 1 aliphatic rings. The van der Waals surface area contributed by atoms with Crippen molar-refractivity contribution in [1.82, 2.24) is 5.32 Å². The molecule has 2 atom stereocenters. The van der Waals surface area contributed by atoms with Gasteiger partial charge in [-0.3, -0.25) is 9.59 Å². The number of nitrogens with two attached hydrogens (primary N) is 1. The minimum atomic E-state index is -0.653. The van der Waals surface area contributed by atoms with Crippen LogP contribution in [0.2, 0.25) is 5.02 Å². The number of rotatable bonds is 8. The number of hydrogen-bond acceptors (Lipinski definition) is 5. The molecule has 0 aromatic heterocycles. The second-order valence-electron chi connectivity index (χ2n) is 6.62. The first-order valence-electron chi connectivity index (χ1n) is 8.74. The molecule has 2 rings (SSSR count). The number of carbonyl (C=O) groups is 2. The van der Waals surface area contributed by atoms with E-state index in [9.17, 15) is 9.59 Å². The molecular formula is C18H26ClN3O4. The summed E-state index contributed by atoms with van der Waals surface area (Å²) in [6.45, 7) is 4.65. The molecule has 0 aliphatic carbocycles. The highest BCUT2D eigenvalue weighted by molar-refractivity contribution is 6.31. The van der Waals surface area contributed by atoms with Gasteiger partial charge < -0.3 is 25.8 Å². The predicted octanol–water partition coefficient (Wildman–Crippen LogP) is 1.94. The number of carbonyl (C=O) groups excluding carboxylic acids is 2. The van der Waals surface area contributed by atoms with E-state index in [1.807, 2.05) is 13.8 Å². The third-order valence-corrected chi connectivity index (χ3v) is 4.34. The first-order valence-corrected chi connectivity index (χ1v) is 9.11.